The summed E-state index contributed by atoms with van der Waals surface area (Å²) in [6.07, 6.45) is 4.05. The Morgan fingerprint density at radius 1 is 1.12 bits per heavy atom. The fourth-order valence-corrected chi connectivity index (χ4v) is 3.91. The Labute approximate surface area is 188 Å². The van der Waals surface area contributed by atoms with Crippen molar-refractivity contribution in [3.05, 3.63) is 72.3 Å². The number of para-hydroxylation sites is 2. The zero-order valence-electron chi connectivity index (χ0n) is 18.5. The molecule has 2 aromatic carbocycles. The molecule has 1 aliphatic rings. The van der Waals surface area contributed by atoms with Crippen LogP contribution >= 0.6 is 0 Å². The first-order chi connectivity index (χ1) is 15.5. The van der Waals surface area contributed by atoms with Crippen molar-refractivity contribution in [3.8, 4) is 5.75 Å². The number of nitrogens with one attached hydrogen (secondary N) is 1. The van der Waals surface area contributed by atoms with Gasteiger partial charge in [-0.1, -0.05) is 38.1 Å². The van der Waals surface area contributed by atoms with Gasteiger partial charge in [0.05, 0.1) is 12.2 Å². The lowest BCUT2D eigenvalue weighted by molar-refractivity contribution is -0.122. The van der Waals surface area contributed by atoms with Crippen molar-refractivity contribution in [1.82, 2.24) is 9.55 Å². The van der Waals surface area contributed by atoms with E-state index in [1.807, 2.05) is 60.9 Å². The molecule has 1 N–H and O–H groups in total. The van der Waals surface area contributed by atoms with Gasteiger partial charge in [-0.2, -0.15) is 0 Å². The van der Waals surface area contributed by atoms with Crippen molar-refractivity contribution in [2.24, 2.45) is 0 Å². The molecule has 0 unspecified atom stereocenters. The molecule has 166 valence electrons. The van der Waals surface area contributed by atoms with Gasteiger partial charge >= 0.3 is 0 Å². The molecule has 0 radical (unpaired) electrons. The second-order valence-electron chi connectivity index (χ2n) is 8.18. The minimum Gasteiger partial charge on any atom is -0.490 e. The zero-order chi connectivity index (χ0) is 22.5. The van der Waals surface area contributed by atoms with Gasteiger partial charge in [-0.3, -0.25) is 9.59 Å². The number of aromatic nitrogens is 2. The van der Waals surface area contributed by atoms with Gasteiger partial charge in [-0.15, -0.1) is 0 Å². The summed E-state index contributed by atoms with van der Waals surface area (Å²) in [5.41, 5.74) is 2.56. The lowest BCUT2D eigenvalue weighted by atomic mass is 10.1. The van der Waals surface area contributed by atoms with Crippen LogP contribution < -0.4 is 15.0 Å². The number of amides is 2. The molecule has 2 heterocycles. The Bertz CT molecular complexity index is 1110. The van der Waals surface area contributed by atoms with Gasteiger partial charge in [0.2, 0.25) is 11.8 Å². The van der Waals surface area contributed by atoms with E-state index in [0.29, 0.717) is 31.4 Å². The van der Waals surface area contributed by atoms with Crippen LogP contribution in [0.15, 0.2) is 60.9 Å². The van der Waals surface area contributed by atoms with Gasteiger partial charge in [0.15, 0.2) is 0 Å². The molecule has 0 atom stereocenters. The molecule has 0 spiro atoms. The van der Waals surface area contributed by atoms with E-state index in [1.165, 1.54) is 0 Å². The van der Waals surface area contributed by atoms with Gasteiger partial charge in [0.25, 0.3) is 0 Å². The van der Waals surface area contributed by atoms with Crippen molar-refractivity contribution in [1.29, 1.82) is 0 Å². The van der Waals surface area contributed by atoms with Crippen molar-refractivity contribution >= 4 is 23.2 Å². The highest BCUT2D eigenvalue weighted by atomic mass is 16.5. The standard InChI is InChI=1S/C25H28N4O3/c1-18(2)25-26-12-13-28(25)17-19-6-5-7-20(16-19)27-23(30)10-11-24(31)29-14-15-32-22-9-4-3-8-21(22)29/h3-9,12-13,16,18H,10-11,14-15,17H2,1-2H3,(H,27,30). The molecule has 0 aliphatic carbocycles. The summed E-state index contributed by atoms with van der Waals surface area (Å²) in [7, 11) is 0. The zero-order valence-corrected chi connectivity index (χ0v) is 18.5. The number of fused-ring (bicyclic) bond motifs is 1. The van der Waals surface area contributed by atoms with E-state index < -0.39 is 0 Å². The second kappa shape index (κ2) is 9.68. The minimum absolute atomic E-state index is 0.0778. The number of hydrogen-bond donors (Lipinski definition) is 1. The molecule has 7 heteroatoms. The highest BCUT2D eigenvalue weighted by molar-refractivity contribution is 5.99. The summed E-state index contributed by atoms with van der Waals surface area (Å²) >= 11 is 0. The molecule has 2 amide bonds. The molecule has 0 fully saturated rings. The van der Waals surface area contributed by atoms with Crippen LogP contribution in [0.25, 0.3) is 0 Å². The van der Waals surface area contributed by atoms with E-state index in [4.69, 9.17) is 4.74 Å². The normalized spacial score (nSPS) is 12.9. The van der Waals surface area contributed by atoms with Gasteiger partial charge in [0.1, 0.15) is 18.2 Å². The monoisotopic (exact) mass is 432 g/mol. The second-order valence-corrected chi connectivity index (χ2v) is 8.18. The maximum absolute atomic E-state index is 12.7. The summed E-state index contributed by atoms with van der Waals surface area (Å²) in [6.45, 7) is 5.87. The lowest BCUT2D eigenvalue weighted by Crippen LogP contribution is -2.38. The van der Waals surface area contributed by atoms with Crippen LogP contribution in [0.4, 0.5) is 11.4 Å². The quantitative estimate of drug-likeness (QED) is 0.607. The van der Waals surface area contributed by atoms with Gasteiger partial charge in [0, 0.05) is 43.4 Å². The van der Waals surface area contributed by atoms with Gasteiger partial charge in [-0.25, -0.2) is 4.98 Å². The van der Waals surface area contributed by atoms with E-state index in [-0.39, 0.29) is 24.7 Å². The van der Waals surface area contributed by atoms with Crippen LogP contribution in [0.3, 0.4) is 0 Å². The number of carbonyl (C=O) groups is 2. The fraction of sp³-hybridized carbons (Fsp3) is 0.320. The smallest absolute Gasteiger partial charge is 0.227 e. The maximum Gasteiger partial charge on any atom is 0.227 e. The number of imidazole rings is 1. The van der Waals surface area contributed by atoms with Crippen LogP contribution in [-0.2, 0) is 16.1 Å². The Hall–Kier alpha value is -3.61. The SMILES string of the molecule is CC(C)c1nccn1Cc1cccc(NC(=O)CCC(=O)N2CCOc3ccccc32)c1. The number of anilines is 2. The summed E-state index contributed by atoms with van der Waals surface area (Å²) < 4.78 is 7.71. The predicted octanol–water partition coefficient (Wildman–Crippen LogP) is 4.20. The van der Waals surface area contributed by atoms with Crippen molar-refractivity contribution in [2.75, 3.05) is 23.4 Å². The molecule has 1 aliphatic heterocycles. The number of nitrogens with zero attached hydrogens (tertiary/aromatic N) is 3. The Morgan fingerprint density at radius 2 is 1.97 bits per heavy atom. The molecular weight excluding hydrogens is 404 g/mol. The molecule has 32 heavy (non-hydrogen) atoms. The average Bonchev–Trinajstić information content (AvgIpc) is 3.26. The average molecular weight is 433 g/mol. The molecule has 0 saturated heterocycles. The first kappa shape index (κ1) is 21.6. The van der Waals surface area contributed by atoms with E-state index in [0.717, 1.165) is 22.8 Å². The third-order valence-corrected chi connectivity index (χ3v) is 5.42. The third kappa shape index (κ3) is 4.99. The van der Waals surface area contributed by atoms with E-state index in [9.17, 15) is 9.59 Å². The van der Waals surface area contributed by atoms with Crippen molar-refractivity contribution in [3.63, 3.8) is 0 Å². The summed E-state index contributed by atoms with van der Waals surface area (Å²) in [6, 6.07) is 15.2. The van der Waals surface area contributed by atoms with Crippen LogP contribution in [0, 0.1) is 0 Å². The third-order valence-electron chi connectivity index (χ3n) is 5.42. The van der Waals surface area contributed by atoms with Crippen LogP contribution in [0.2, 0.25) is 0 Å². The maximum atomic E-state index is 12.7. The first-order valence-electron chi connectivity index (χ1n) is 10.9. The Balaban J connectivity index is 1.33. The first-order valence-corrected chi connectivity index (χ1v) is 10.9. The molecule has 0 saturated carbocycles. The molecular formula is C25H28N4O3. The molecule has 3 aromatic rings. The van der Waals surface area contributed by atoms with Crippen molar-refractivity contribution < 1.29 is 14.3 Å². The largest absolute Gasteiger partial charge is 0.490 e. The fourth-order valence-electron chi connectivity index (χ4n) is 3.91. The van der Waals surface area contributed by atoms with Crippen LogP contribution in [-0.4, -0.2) is 34.5 Å². The summed E-state index contributed by atoms with van der Waals surface area (Å²) in [5, 5.41) is 2.92. The topological polar surface area (TPSA) is 76.5 Å². The van der Waals surface area contributed by atoms with Gasteiger partial charge < -0.3 is 19.5 Å². The van der Waals surface area contributed by atoms with E-state index >= 15 is 0 Å². The number of hydrogen-bond acceptors (Lipinski definition) is 4. The Kier molecular flexibility index (Phi) is 6.54. The summed E-state index contributed by atoms with van der Waals surface area (Å²) in [4.78, 5) is 31.3. The van der Waals surface area contributed by atoms with Crippen molar-refractivity contribution in [2.45, 2.75) is 39.2 Å². The number of ether oxygens (including phenoxy) is 1. The highest BCUT2D eigenvalue weighted by Crippen LogP contribution is 2.31. The van der Waals surface area contributed by atoms with Crippen LogP contribution in [0.1, 0.15) is 44.0 Å². The Morgan fingerprint density at radius 3 is 2.81 bits per heavy atom. The van der Waals surface area contributed by atoms with E-state index in [1.54, 1.807) is 4.90 Å². The van der Waals surface area contributed by atoms with Gasteiger partial charge in [-0.05, 0) is 29.8 Å². The number of benzene rings is 2. The predicted molar refractivity (Wildman–Crippen MR) is 124 cm³/mol. The molecule has 7 nitrogen and oxygen atoms in total. The number of rotatable bonds is 7. The number of carbonyl (C=O) groups excluding carboxylic acids is 2. The molecule has 4 rings (SSSR count). The minimum atomic E-state index is -0.178. The molecule has 1 aromatic heterocycles. The lowest BCUT2D eigenvalue weighted by Gasteiger charge is -2.29. The van der Waals surface area contributed by atoms with Crippen LogP contribution in [0.5, 0.6) is 5.75 Å². The van der Waals surface area contributed by atoms with E-state index in [2.05, 4.69) is 28.7 Å². The summed E-state index contributed by atoms with van der Waals surface area (Å²) in [5.74, 6) is 1.81. The highest BCUT2D eigenvalue weighted by Gasteiger charge is 2.23. The molecule has 0 bridgehead atoms.